The summed E-state index contributed by atoms with van der Waals surface area (Å²) in [4.78, 5) is 0. The largest absolute Gasteiger partial charge is 0.373 e. The van der Waals surface area contributed by atoms with Gasteiger partial charge in [0.05, 0.1) is 12.7 Å². The van der Waals surface area contributed by atoms with Crippen LogP contribution < -0.4 is 5.73 Å². The Kier molecular flexibility index (Phi) is 2.66. The van der Waals surface area contributed by atoms with E-state index in [1.807, 2.05) is 0 Å². The highest BCUT2D eigenvalue weighted by atomic mass is 16.6. The topological polar surface area (TPSA) is 38.5 Å². The van der Waals surface area contributed by atoms with Crippen molar-refractivity contribution in [2.24, 2.45) is 11.7 Å². The van der Waals surface area contributed by atoms with Gasteiger partial charge in [0.1, 0.15) is 0 Å². The van der Waals surface area contributed by atoms with E-state index in [4.69, 9.17) is 10.5 Å². The van der Waals surface area contributed by atoms with Gasteiger partial charge < -0.3 is 10.5 Å². The predicted molar refractivity (Wildman–Crippen MR) is 48.9 cm³/mol. The molecule has 0 bridgehead atoms. The van der Waals surface area contributed by atoms with Crippen LogP contribution in [0, 0.1) is 5.92 Å². The number of nitrogens with two attached hydrogens (primary N) is 1. The van der Waals surface area contributed by atoms with Crippen molar-refractivity contribution in [1.82, 2.24) is 0 Å². The van der Waals surface area contributed by atoms with E-state index in [0.717, 1.165) is 18.9 Å². The maximum Gasteiger partial charge on any atom is 0.0824 e. The van der Waals surface area contributed by atoms with Crippen LogP contribution in [0.15, 0.2) is 0 Å². The predicted octanol–water partition coefficient (Wildman–Crippen LogP) is 1.68. The standard InChI is InChI=1S/C10H19NO/c11-10(6-9-7-12-9)8-4-2-1-3-5-8/h8-10H,1-7,11H2. The first-order valence-corrected chi connectivity index (χ1v) is 5.23. The van der Waals surface area contributed by atoms with E-state index in [1.165, 1.54) is 32.1 Å². The lowest BCUT2D eigenvalue weighted by molar-refractivity contribution is 0.274. The summed E-state index contributed by atoms with van der Waals surface area (Å²) in [5.41, 5.74) is 6.11. The van der Waals surface area contributed by atoms with Crippen molar-refractivity contribution in [1.29, 1.82) is 0 Å². The molecule has 1 heterocycles. The Labute approximate surface area is 74.5 Å². The molecule has 2 rings (SSSR count). The second-order valence-electron chi connectivity index (χ2n) is 4.25. The Hall–Kier alpha value is -0.0800. The molecule has 2 nitrogen and oxygen atoms in total. The Bertz CT molecular complexity index is 139. The molecular formula is C10H19NO. The molecule has 2 heteroatoms. The maximum atomic E-state index is 6.11. The van der Waals surface area contributed by atoms with Crippen LogP contribution in [0.4, 0.5) is 0 Å². The monoisotopic (exact) mass is 169 g/mol. The normalized spacial score (nSPS) is 33.2. The van der Waals surface area contributed by atoms with Crippen LogP contribution in [0.25, 0.3) is 0 Å². The Morgan fingerprint density at radius 3 is 2.50 bits per heavy atom. The molecule has 1 saturated carbocycles. The van der Waals surface area contributed by atoms with E-state index in [1.54, 1.807) is 0 Å². The second kappa shape index (κ2) is 3.75. The molecule has 2 aliphatic rings. The van der Waals surface area contributed by atoms with E-state index >= 15 is 0 Å². The average molecular weight is 169 g/mol. The fourth-order valence-electron chi connectivity index (χ4n) is 2.26. The molecule has 0 amide bonds. The van der Waals surface area contributed by atoms with Crippen LogP contribution >= 0.6 is 0 Å². The highest BCUT2D eigenvalue weighted by Gasteiger charge is 2.29. The number of epoxide rings is 1. The zero-order valence-corrected chi connectivity index (χ0v) is 7.67. The van der Waals surface area contributed by atoms with Gasteiger partial charge in [-0.05, 0) is 25.2 Å². The van der Waals surface area contributed by atoms with Crippen LogP contribution in [-0.4, -0.2) is 18.8 Å². The van der Waals surface area contributed by atoms with Gasteiger partial charge >= 0.3 is 0 Å². The Balaban J connectivity index is 1.72. The third-order valence-corrected chi connectivity index (χ3v) is 3.19. The average Bonchev–Trinajstić information content (AvgIpc) is 2.90. The smallest absolute Gasteiger partial charge is 0.0824 e. The lowest BCUT2D eigenvalue weighted by atomic mass is 9.83. The zero-order chi connectivity index (χ0) is 8.39. The molecule has 2 unspecified atom stereocenters. The van der Waals surface area contributed by atoms with E-state index in [0.29, 0.717) is 12.1 Å². The summed E-state index contributed by atoms with van der Waals surface area (Å²) in [5.74, 6) is 0.794. The minimum atomic E-state index is 0.415. The summed E-state index contributed by atoms with van der Waals surface area (Å²) in [6, 6.07) is 0.415. The lowest BCUT2D eigenvalue weighted by Gasteiger charge is -2.26. The minimum absolute atomic E-state index is 0.415. The highest BCUT2D eigenvalue weighted by Crippen LogP contribution is 2.29. The number of ether oxygens (including phenoxy) is 1. The molecule has 1 saturated heterocycles. The van der Waals surface area contributed by atoms with Gasteiger partial charge in [-0.25, -0.2) is 0 Å². The highest BCUT2D eigenvalue weighted by molar-refractivity contribution is 4.82. The van der Waals surface area contributed by atoms with Gasteiger partial charge in [-0.2, -0.15) is 0 Å². The first-order valence-electron chi connectivity index (χ1n) is 5.23. The molecule has 1 aliphatic carbocycles. The molecule has 2 atom stereocenters. The van der Waals surface area contributed by atoms with Crippen LogP contribution in [0.2, 0.25) is 0 Å². The van der Waals surface area contributed by atoms with E-state index < -0.39 is 0 Å². The summed E-state index contributed by atoms with van der Waals surface area (Å²) in [7, 11) is 0. The quantitative estimate of drug-likeness (QED) is 0.653. The van der Waals surface area contributed by atoms with E-state index in [9.17, 15) is 0 Å². The van der Waals surface area contributed by atoms with Crippen LogP contribution in [0.5, 0.6) is 0 Å². The van der Waals surface area contributed by atoms with Crippen molar-refractivity contribution < 1.29 is 4.74 Å². The summed E-state index contributed by atoms with van der Waals surface area (Å²) in [6.07, 6.45) is 8.53. The first kappa shape index (κ1) is 8.52. The Morgan fingerprint density at radius 1 is 1.25 bits per heavy atom. The van der Waals surface area contributed by atoms with E-state index in [2.05, 4.69) is 0 Å². The minimum Gasteiger partial charge on any atom is -0.373 e. The SMILES string of the molecule is NC(CC1CO1)C1CCCCC1. The van der Waals surface area contributed by atoms with Crippen molar-refractivity contribution in [3.63, 3.8) is 0 Å². The van der Waals surface area contributed by atoms with Crippen molar-refractivity contribution in [2.75, 3.05) is 6.61 Å². The van der Waals surface area contributed by atoms with Gasteiger partial charge in [0.2, 0.25) is 0 Å². The maximum absolute atomic E-state index is 6.11. The Morgan fingerprint density at radius 2 is 1.92 bits per heavy atom. The van der Waals surface area contributed by atoms with Gasteiger partial charge in [0.25, 0.3) is 0 Å². The molecule has 70 valence electrons. The summed E-state index contributed by atoms with van der Waals surface area (Å²) in [5, 5.41) is 0. The fraction of sp³-hybridized carbons (Fsp3) is 1.00. The summed E-state index contributed by atoms with van der Waals surface area (Å²) < 4.78 is 5.19. The zero-order valence-electron chi connectivity index (χ0n) is 7.67. The van der Waals surface area contributed by atoms with Crippen molar-refractivity contribution in [3.05, 3.63) is 0 Å². The number of hydrogen-bond donors (Lipinski definition) is 1. The molecule has 0 aromatic rings. The lowest BCUT2D eigenvalue weighted by Crippen LogP contribution is -2.32. The van der Waals surface area contributed by atoms with Crippen LogP contribution in [0.1, 0.15) is 38.5 Å². The van der Waals surface area contributed by atoms with Gasteiger partial charge in [0, 0.05) is 6.04 Å². The van der Waals surface area contributed by atoms with Gasteiger partial charge in [-0.3, -0.25) is 0 Å². The molecule has 2 N–H and O–H groups in total. The molecule has 1 aliphatic heterocycles. The van der Waals surface area contributed by atoms with Crippen molar-refractivity contribution >= 4 is 0 Å². The summed E-state index contributed by atoms with van der Waals surface area (Å²) >= 11 is 0. The molecule has 2 fully saturated rings. The van der Waals surface area contributed by atoms with Crippen molar-refractivity contribution in [2.45, 2.75) is 50.7 Å². The summed E-state index contributed by atoms with van der Waals surface area (Å²) in [6.45, 7) is 0.959. The first-order chi connectivity index (χ1) is 5.86. The van der Waals surface area contributed by atoms with Crippen LogP contribution in [0.3, 0.4) is 0 Å². The van der Waals surface area contributed by atoms with Gasteiger partial charge in [0.15, 0.2) is 0 Å². The molecular weight excluding hydrogens is 150 g/mol. The fourth-order valence-corrected chi connectivity index (χ4v) is 2.26. The van der Waals surface area contributed by atoms with Crippen LogP contribution in [-0.2, 0) is 4.74 Å². The number of hydrogen-bond acceptors (Lipinski definition) is 2. The molecule has 12 heavy (non-hydrogen) atoms. The third kappa shape index (κ3) is 2.20. The molecule has 0 aromatic heterocycles. The molecule has 0 spiro atoms. The third-order valence-electron chi connectivity index (χ3n) is 3.19. The van der Waals surface area contributed by atoms with Crippen molar-refractivity contribution in [3.8, 4) is 0 Å². The van der Waals surface area contributed by atoms with Gasteiger partial charge in [-0.1, -0.05) is 19.3 Å². The van der Waals surface area contributed by atoms with E-state index in [-0.39, 0.29) is 0 Å². The van der Waals surface area contributed by atoms with Gasteiger partial charge in [-0.15, -0.1) is 0 Å². The molecule has 0 aromatic carbocycles. The molecule has 0 radical (unpaired) electrons. The number of rotatable bonds is 3. The second-order valence-corrected chi connectivity index (χ2v) is 4.25.